The first-order valence-electron chi connectivity index (χ1n) is 4.85. The number of H-pyrrole nitrogens is 1. The van der Waals surface area contributed by atoms with Gasteiger partial charge in [-0.2, -0.15) is 0 Å². The van der Waals surface area contributed by atoms with Gasteiger partial charge >= 0.3 is 0 Å². The van der Waals surface area contributed by atoms with Crippen molar-refractivity contribution in [3.05, 3.63) is 21.7 Å². The number of aromatic nitrogens is 3. The summed E-state index contributed by atoms with van der Waals surface area (Å²) in [5.41, 5.74) is 1.95. The highest BCUT2D eigenvalue weighted by atomic mass is 127. The number of nitrogens with zero attached hydrogens (tertiary/aromatic N) is 2. The molecule has 1 aliphatic carbocycles. The standard InChI is InChI=1S/C10H10IN3/c11-7-4-5-12-10-8(7)13-9(14-10)6-2-1-3-6/h4-6H,1-3H2,(H,12,13,14). The van der Waals surface area contributed by atoms with E-state index >= 15 is 0 Å². The van der Waals surface area contributed by atoms with Crippen LogP contribution in [0.25, 0.3) is 11.2 Å². The predicted molar refractivity (Wildman–Crippen MR) is 63.2 cm³/mol. The second-order valence-electron chi connectivity index (χ2n) is 3.74. The highest BCUT2D eigenvalue weighted by molar-refractivity contribution is 14.1. The lowest BCUT2D eigenvalue weighted by Gasteiger charge is -2.22. The second kappa shape index (κ2) is 3.18. The lowest BCUT2D eigenvalue weighted by atomic mass is 9.85. The van der Waals surface area contributed by atoms with Gasteiger partial charge in [-0.15, -0.1) is 0 Å². The molecule has 4 heteroatoms. The quantitative estimate of drug-likeness (QED) is 0.823. The summed E-state index contributed by atoms with van der Waals surface area (Å²) >= 11 is 2.30. The number of nitrogens with one attached hydrogen (secondary N) is 1. The van der Waals surface area contributed by atoms with E-state index in [9.17, 15) is 0 Å². The van der Waals surface area contributed by atoms with Gasteiger partial charge < -0.3 is 4.98 Å². The van der Waals surface area contributed by atoms with E-state index in [4.69, 9.17) is 0 Å². The van der Waals surface area contributed by atoms with Crippen molar-refractivity contribution in [3.8, 4) is 0 Å². The Morgan fingerprint density at radius 2 is 2.29 bits per heavy atom. The minimum absolute atomic E-state index is 0.653. The van der Waals surface area contributed by atoms with Crippen molar-refractivity contribution in [2.24, 2.45) is 0 Å². The van der Waals surface area contributed by atoms with Crippen LogP contribution in [0.5, 0.6) is 0 Å². The summed E-state index contributed by atoms with van der Waals surface area (Å²) in [6, 6.07) is 1.99. The normalized spacial score (nSPS) is 17.2. The molecule has 2 aromatic rings. The number of imidazole rings is 1. The summed E-state index contributed by atoms with van der Waals surface area (Å²) < 4.78 is 1.18. The van der Waals surface area contributed by atoms with Gasteiger partial charge in [0.2, 0.25) is 0 Å². The summed E-state index contributed by atoms with van der Waals surface area (Å²) in [6.07, 6.45) is 5.71. The van der Waals surface area contributed by atoms with E-state index in [0.717, 1.165) is 17.0 Å². The molecule has 2 aromatic heterocycles. The average Bonchev–Trinajstić information content (AvgIpc) is 2.46. The van der Waals surface area contributed by atoms with Crippen molar-refractivity contribution in [2.75, 3.05) is 0 Å². The van der Waals surface area contributed by atoms with Crippen LogP contribution in [0.1, 0.15) is 31.0 Å². The Labute approximate surface area is 95.5 Å². The summed E-state index contributed by atoms with van der Waals surface area (Å²) in [4.78, 5) is 12.2. The van der Waals surface area contributed by atoms with Crippen molar-refractivity contribution >= 4 is 33.8 Å². The Kier molecular flexibility index (Phi) is 1.97. The van der Waals surface area contributed by atoms with E-state index < -0.39 is 0 Å². The monoisotopic (exact) mass is 299 g/mol. The number of aromatic amines is 1. The van der Waals surface area contributed by atoms with Gasteiger partial charge in [0.25, 0.3) is 0 Å². The minimum Gasteiger partial charge on any atom is -0.326 e. The molecule has 0 radical (unpaired) electrons. The van der Waals surface area contributed by atoms with Crippen LogP contribution in [0.2, 0.25) is 0 Å². The third kappa shape index (κ3) is 1.24. The summed E-state index contributed by atoms with van der Waals surface area (Å²) in [6.45, 7) is 0. The molecule has 0 aliphatic heterocycles. The third-order valence-corrected chi connectivity index (χ3v) is 3.72. The number of rotatable bonds is 1. The molecule has 14 heavy (non-hydrogen) atoms. The molecule has 1 saturated carbocycles. The fraction of sp³-hybridized carbons (Fsp3) is 0.400. The maximum Gasteiger partial charge on any atom is 0.158 e. The van der Waals surface area contributed by atoms with Crippen LogP contribution in [0.15, 0.2) is 12.3 Å². The van der Waals surface area contributed by atoms with Gasteiger partial charge in [-0.3, -0.25) is 0 Å². The summed E-state index contributed by atoms with van der Waals surface area (Å²) in [5, 5.41) is 0. The van der Waals surface area contributed by atoms with E-state index in [0.29, 0.717) is 5.92 Å². The molecule has 0 unspecified atom stereocenters. The molecular weight excluding hydrogens is 289 g/mol. The van der Waals surface area contributed by atoms with Crippen molar-refractivity contribution < 1.29 is 0 Å². The van der Waals surface area contributed by atoms with Crippen LogP contribution >= 0.6 is 22.6 Å². The zero-order valence-corrected chi connectivity index (χ0v) is 9.78. The minimum atomic E-state index is 0.653. The molecule has 0 saturated heterocycles. The first-order valence-corrected chi connectivity index (χ1v) is 5.92. The smallest absolute Gasteiger partial charge is 0.158 e. The maximum absolute atomic E-state index is 4.61. The lowest BCUT2D eigenvalue weighted by Crippen LogP contribution is -2.10. The molecular formula is C10H10IN3. The topological polar surface area (TPSA) is 41.6 Å². The maximum atomic E-state index is 4.61. The first-order chi connectivity index (χ1) is 6.84. The molecule has 1 fully saturated rings. The molecule has 0 amide bonds. The van der Waals surface area contributed by atoms with Crippen LogP contribution < -0.4 is 0 Å². The van der Waals surface area contributed by atoms with Crippen LogP contribution in [0.3, 0.4) is 0 Å². The van der Waals surface area contributed by atoms with Gasteiger partial charge in [-0.25, -0.2) is 9.97 Å². The predicted octanol–water partition coefficient (Wildman–Crippen LogP) is 2.83. The summed E-state index contributed by atoms with van der Waals surface area (Å²) in [7, 11) is 0. The zero-order chi connectivity index (χ0) is 9.54. The number of fused-ring (bicyclic) bond motifs is 1. The Balaban J connectivity index is 2.15. The number of hydrogen-bond donors (Lipinski definition) is 1. The van der Waals surface area contributed by atoms with Crippen LogP contribution in [-0.2, 0) is 0 Å². The van der Waals surface area contributed by atoms with E-state index in [-0.39, 0.29) is 0 Å². The Bertz CT molecular complexity index is 473. The Morgan fingerprint density at radius 1 is 1.43 bits per heavy atom. The van der Waals surface area contributed by atoms with Crippen molar-refractivity contribution in [1.82, 2.24) is 15.0 Å². The Morgan fingerprint density at radius 3 is 2.93 bits per heavy atom. The van der Waals surface area contributed by atoms with Gasteiger partial charge in [-0.05, 0) is 41.5 Å². The van der Waals surface area contributed by atoms with Crippen molar-refractivity contribution in [3.63, 3.8) is 0 Å². The molecule has 1 N–H and O–H groups in total. The lowest BCUT2D eigenvalue weighted by molar-refractivity contribution is 0.404. The highest BCUT2D eigenvalue weighted by Gasteiger charge is 2.23. The fourth-order valence-electron chi connectivity index (χ4n) is 1.77. The van der Waals surface area contributed by atoms with Crippen LogP contribution in [0.4, 0.5) is 0 Å². The second-order valence-corrected chi connectivity index (χ2v) is 4.90. The van der Waals surface area contributed by atoms with E-state index in [1.165, 1.54) is 22.8 Å². The molecule has 0 atom stereocenters. The van der Waals surface area contributed by atoms with Crippen molar-refractivity contribution in [1.29, 1.82) is 0 Å². The van der Waals surface area contributed by atoms with Gasteiger partial charge in [0.05, 0.1) is 0 Å². The molecule has 3 nitrogen and oxygen atoms in total. The third-order valence-electron chi connectivity index (χ3n) is 2.85. The number of hydrogen-bond acceptors (Lipinski definition) is 2. The molecule has 3 rings (SSSR count). The molecule has 1 aliphatic rings. The van der Waals surface area contributed by atoms with E-state index in [2.05, 4.69) is 37.5 Å². The van der Waals surface area contributed by atoms with Gasteiger partial charge in [-0.1, -0.05) is 6.42 Å². The van der Waals surface area contributed by atoms with E-state index in [1.54, 1.807) is 0 Å². The summed E-state index contributed by atoms with van der Waals surface area (Å²) in [5.74, 6) is 1.78. The molecule has 0 bridgehead atoms. The molecule has 2 heterocycles. The molecule has 0 aromatic carbocycles. The van der Waals surface area contributed by atoms with Crippen LogP contribution in [-0.4, -0.2) is 15.0 Å². The fourth-order valence-corrected chi connectivity index (χ4v) is 2.31. The number of halogens is 1. The average molecular weight is 299 g/mol. The first kappa shape index (κ1) is 8.64. The Hall–Kier alpha value is -0.650. The SMILES string of the molecule is Ic1ccnc2[nH]c(C3CCC3)nc12. The van der Waals surface area contributed by atoms with Gasteiger partial charge in [0.1, 0.15) is 11.3 Å². The molecule has 0 spiro atoms. The van der Waals surface area contributed by atoms with Gasteiger partial charge in [0, 0.05) is 15.7 Å². The highest BCUT2D eigenvalue weighted by Crippen LogP contribution is 2.35. The number of pyridine rings is 1. The van der Waals surface area contributed by atoms with Crippen LogP contribution in [0, 0.1) is 3.57 Å². The zero-order valence-electron chi connectivity index (χ0n) is 7.63. The van der Waals surface area contributed by atoms with Gasteiger partial charge in [0.15, 0.2) is 5.65 Å². The van der Waals surface area contributed by atoms with E-state index in [1.807, 2.05) is 12.3 Å². The molecule has 72 valence electrons. The largest absolute Gasteiger partial charge is 0.326 e. The van der Waals surface area contributed by atoms with Crippen molar-refractivity contribution in [2.45, 2.75) is 25.2 Å².